The molecule has 1 aliphatic carbocycles. The summed E-state index contributed by atoms with van der Waals surface area (Å²) in [5, 5.41) is 9.05. The molecule has 19 heavy (non-hydrogen) atoms. The minimum Gasteiger partial charge on any atom is -0.478 e. The Hall–Kier alpha value is -1.33. The summed E-state index contributed by atoms with van der Waals surface area (Å²) in [5.41, 5.74) is 1.65. The third-order valence-corrected chi connectivity index (χ3v) is 4.20. The van der Waals surface area contributed by atoms with Gasteiger partial charge in [-0.1, -0.05) is 6.08 Å². The molecule has 2 rings (SSSR count). The van der Waals surface area contributed by atoms with E-state index in [0.717, 1.165) is 11.3 Å². The fourth-order valence-electron chi connectivity index (χ4n) is 2.22. The summed E-state index contributed by atoms with van der Waals surface area (Å²) < 4.78 is 5.53. The number of rotatable bonds is 5. The average molecular weight is 280 g/mol. The number of hydrogen-bond acceptors (Lipinski definition) is 4. The largest absolute Gasteiger partial charge is 0.478 e. The van der Waals surface area contributed by atoms with Crippen LogP contribution in [-0.4, -0.2) is 34.7 Å². The lowest BCUT2D eigenvalue weighted by atomic mass is 9.88. The van der Waals surface area contributed by atoms with Gasteiger partial charge < -0.3 is 9.84 Å². The second-order valence-corrected chi connectivity index (χ2v) is 5.71. The van der Waals surface area contributed by atoms with Crippen LogP contribution in [0.25, 0.3) is 0 Å². The normalized spacial score (nSPS) is 23.5. The van der Waals surface area contributed by atoms with Crippen LogP contribution in [0.4, 0.5) is 0 Å². The van der Waals surface area contributed by atoms with E-state index in [4.69, 9.17) is 9.84 Å². The highest BCUT2D eigenvalue weighted by Gasteiger charge is 2.26. The van der Waals surface area contributed by atoms with E-state index < -0.39 is 5.97 Å². The number of allylic oxidation sites excluding steroid dienone is 3. The first-order valence-electron chi connectivity index (χ1n) is 6.15. The minimum absolute atomic E-state index is 0.0204. The van der Waals surface area contributed by atoms with Gasteiger partial charge in [0, 0.05) is 29.7 Å². The monoisotopic (exact) mass is 280 g/mol. The Balaban J connectivity index is 2.27. The lowest BCUT2D eigenvalue weighted by molar-refractivity contribution is -0.133. The number of carbonyl (C=O) groups is 2. The lowest BCUT2D eigenvalue weighted by Crippen LogP contribution is -2.17. The zero-order valence-electron chi connectivity index (χ0n) is 10.6. The Morgan fingerprint density at radius 1 is 1.63 bits per heavy atom. The Bertz CT molecular complexity index is 470. The highest BCUT2D eigenvalue weighted by Crippen LogP contribution is 2.32. The number of Topliss-reactive ketones (excluding diaryl/α,β-unsaturated/α-hetero) is 1. The van der Waals surface area contributed by atoms with Crippen molar-refractivity contribution in [2.45, 2.75) is 24.7 Å². The third kappa shape index (κ3) is 3.36. The first-order chi connectivity index (χ1) is 9.11. The zero-order chi connectivity index (χ0) is 13.8. The van der Waals surface area contributed by atoms with Crippen molar-refractivity contribution >= 4 is 23.5 Å². The van der Waals surface area contributed by atoms with Crippen LogP contribution in [-0.2, 0) is 14.3 Å². The molecule has 1 saturated heterocycles. The van der Waals surface area contributed by atoms with Gasteiger partial charge in [0.25, 0.3) is 0 Å². The van der Waals surface area contributed by atoms with E-state index in [-0.39, 0.29) is 23.2 Å². The minimum atomic E-state index is -1.02. The second-order valence-electron chi connectivity index (χ2n) is 4.45. The number of carbonyl (C=O) groups excluding carboxylic acids is 1. The fraction of sp³-hybridized carbons (Fsp3) is 0.429. The van der Waals surface area contributed by atoms with Crippen molar-refractivity contribution in [1.82, 2.24) is 0 Å². The average Bonchev–Trinajstić information content (AvgIpc) is 2.86. The molecule has 1 unspecified atom stereocenters. The van der Waals surface area contributed by atoms with Crippen molar-refractivity contribution in [3.63, 3.8) is 0 Å². The summed E-state index contributed by atoms with van der Waals surface area (Å²) in [6.45, 7) is 4.36. The summed E-state index contributed by atoms with van der Waals surface area (Å²) in [5.74, 6) is -0.195. The highest BCUT2D eigenvalue weighted by atomic mass is 32.2. The molecule has 0 spiro atoms. The number of ether oxygens (including phenoxy) is 1. The highest BCUT2D eigenvalue weighted by molar-refractivity contribution is 7.99. The molecule has 4 nitrogen and oxygen atoms in total. The van der Waals surface area contributed by atoms with Crippen LogP contribution in [0.1, 0.15) is 19.3 Å². The van der Waals surface area contributed by atoms with E-state index in [9.17, 15) is 9.59 Å². The van der Waals surface area contributed by atoms with Gasteiger partial charge in [0.05, 0.1) is 6.61 Å². The number of ketones is 1. The molecule has 102 valence electrons. The van der Waals surface area contributed by atoms with E-state index in [0.29, 0.717) is 25.0 Å². The van der Waals surface area contributed by atoms with Crippen LogP contribution >= 0.6 is 11.8 Å². The maximum Gasteiger partial charge on any atom is 0.332 e. The van der Waals surface area contributed by atoms with E-state index in [1.54, 1.807) is 23.9 Å². The Kier molecular flexibility index (Phi) is 4.61. The summed E-state index contributed by atoms with van der Waals surface area (Å²) in [6, 6.07) is 0. The van der Waals surface area contributed by atoms with Gasteiger partial charge in [0.15, 0.2) is 5.78 Å². The van der Waals surface area contributed by atoms with E-state index in [1.165, 1.54) is 0 Å². The summed E-state index contributed by atoms with van der Waals surface area (Å²) in [6.07, 6.45) is 4.34. The molecular formula is C14H16O4S. The molecule has 1 N–H and O–H groups in total. The molecule has 0 saturated carbocycles. The Morgan fingerprint density at radius 3 is 3.00 bits per heavy atom. The van der Waals surface area contributed by atoms with Crippen molar-refractivity contribution in [2.24, 2.45) is 0 Å². The molecule has 5 heteroatoms. The van der Waals surface area contributed by atoms with Gasteiger partial charge in [-0.15, -0.1) is 18.3 Å². The maximum absolute atomic E-state index is 12.0. The van der Waals surface area contributed by atoms with E-state index in [1.807, 2.05) is 0 Å². The quantitative estimate of drug-likeness (QED) is 0.783. The van der Waals surface area contributed by atoms with Crippen LogP contribution in [0.2, 0.25) is 0 Å². The van der Waals surface area contributed by atoms with E-state index >= 15 is 0 Å². The number of hydrogen-bond donors (Lipinski definition) is 1. The standard InChI is InChI=1S/C14H16O4S/c1-2-3-11-9(8-13-18-4-5-19-13)6-10(14(16)17)7-12(11)15/h2,6,13H,1,3-5,7-8H2,(H,16,17). The molecule has 1 aliphatic heterocycles. The van der Waals surface area contributed by atoms with Crippen molar-refractivity contribution in [3.8, 4) is 0 Å². The number of thioether (sulfide) groups is 1. The van der Waals surface area contributed by atoms with Crippen LogP contribution < -0.4 is 0 Å². The Labute approximate surface area is 116 Å². The fourth-order valence-corrected chi connectivity index (χ4v) is 3.17. The molecule has 0 amide bonds. The van der Waals surface area contributed by atoms with Gasteiger partial charge in [0.2, 0.25) is 0 Å². The number of aliphatic carboxylic acids is 1. The predicted molar refractivity (Wildman–Crippen MR) is 74.0 cm³/mol. The van der Waals surface area contributed by atoms with E-state index in [2.05, 4.69) is 6.58 Å². The molecule has 0 aromatic carbocycles. The summed E-state index contributed by atoms with van der Waals surface area (Å²) in [4.78, 5) is 23.1. The van der Waals surface area contributed by atoms with Gasteiger partial charge >= 0.3 is 5.97 Å². The van der Waals surface area contributed by atoms with Gasteiger partial charge in [0.1, 0.15) is 5.44 Å². The number of carboxylic acid groups (broad SMARTS) is 1. The van der Waals surface area contributed by atoms with Crippen LogP contribution in [0, 0.1) is 0 Å². The molecule has 0 bridgehead atoms. The molecule has 0 radical (unpaired) electrons. The predicted octanol–water partition coefficient (Wildman–Crippen LogP) is 2.32. The van der Waals surface area contributed by atoms with Crippen LogP contribution in [0.15, 0.2) is 35.5 Å². The third-order valence-electron chi connectivity index (χ3n) is 3.12. The summed E-state index contributed by atoms with van der Waals surface area (Å²) in [7, 11) is 0. The zero-order valence-corrected chi connectivity index (χ0v) is 11.4. The van der Waals surface area contributed by atoms with Crippen LogP contribution in [0.5, 0.6) is 0 Å². The molecule has 0 aromatic heterocycles. The number of carboxylic acids is 1. The summed E-state index contributed by atoms with van der Waals surface area (Å²) >= 11 is 1.70. The lowest BCUT2D eigenvalue weighted by Gasteiger charge is -2.19. The van der Waals surface area contributed by atoms with Gasteiger partial charge in [-0.05, 0) is 18.1 Å². The molecule has 1 fully saturated rings. The first kappa shape index (κ1) is 14.1. The molecule has 1 atom stereocenters. The van der Waals surface area contributed by atoms with Crippen molar-refractivity contribution in [2.75, 3.05) is 12.4 Å². The molecular weight excluding hydrogens is 264 g/mol. The first-order valence-corrected chi connectivity index (χ1v) is 7.20. The van der Waals surface area contributed by atoms with Crippen molar-refractivity contribution < 1.29 is 19.4 Å². The maximum atomic E-state index is 12.0. The topological polar surface area (TPSA) is 63.6 Å². The van der Waals surface area contributed by atoms with Crippen molar-refractivity contribution in [1.29, 1.82) is 0 Å². The van der Waals surface area contributed by atoms with Crippen LogP contribution in [0.3, 0.4) is 0 Å². The smallest absolute Gasteiger partial charge is 0.332 e. The van der Waals surface area contributed by atoms with Gasteiger partial charge in [-0.25, -0.2) is 4.79 Å². The Morgan fingerprint density at radius 2 is 2.42 bits per heavy atom. The van der Waals surface area contributed by atoms with Crippen molar-refractivity contribution in [3.05, 3.63) is 35.5 Å². The molecule has 0 aromatic rings. The second kappa shape index (κ2) is 6.21. The SMILES string of the molecule is C=CCC1=C(CC2OCCS2)C=C(C(=O)O)CC1=O. The molecule has 1 heterocycles. The van der Waals surface area contributed by atoms with Gasteiger partial charge in [-0.2, -0.15) is 0 Å². The molecule has 2 aliphatic rings. The van der Waals surface area contributed by atoms with Gasteiger partial charge in [-0.3, -0.25) is 4.79 Å².